The highest BCUT2D eigenvalue weighted by Gasteiger charge is 2.30. The zero-order chi connectivity index (χ0) is 9.42. The molecule has 0 saturated heterocycles. The van der Waals surface area contributed by atoms with Crippen LogP contribution in [-0.2, 0) is 0 Å². The summed E-state index contributed by atoms with van der Waals surface area (Å²) >= 11 is 0. The van der Waals surface area contributed by atoms with Gasteiger partial charge in [0, 0.05) is 17.3 Å². The Morgan fingerprint density at radius 2 is 2.23 bits per heavy atom. The SMILES string of the molecule is Cc1ccc([C@@H](N)C2CC2)c(=O)[nH]1. The summed E-state index contributed by atoms with van der Waals surface area (Å²) in [6.45, 7) is 1.87. The van der Waals surface area contributed by atoms with Gasteiger partial charge >= 0.3 is 0 Å². The number of hydrogen-bond donors (Lipinski definition) is 2. The lowest BCUT2D eigenvalue weighted by atomic mass is 10.1. The van der Waals surface area contributed by atoms with Crippen LogP contribution in [0.4, 0.5) is 0 Å². The van der Waals surface area contributed by atoms with Gasteiger partial charge in [-0.2, -0.15) is 0 Å². The molecule has 70 valence electrons. The van der Waals surface area contributed by atoms with E-state index in [1.165, 1.54) is 0 Å². The molecule has 3 nitrogen and oxygen atoms in total. The van der Waals surface area contributed by atoms with E-state index in [9.17, 15) is 4.79 Å². The molecule has 0 spiro atoms. The van der Waals surface area contributed by atoms with E-state index in [4.69, 9.17) is 5.73 Å². The monoisotopic (exact) mass is 178 g/mol. The molecular weight excluding hydrogens is 164 g/mol. The van der Waals surface area contributed by atoms with E-state index in [1.54, 1.807) is 0 Å². The van der Waals surface area contributed by atoms with E-state index in [-0.39, 0.29) is 11.6 Å². The first-order chi connectivity index (χ1) is 6.18. The fraction of sp³-hybridized carbons (Fsp3) is 0.500. The Balaban J connectivity index is 2.34. The lowest BCUT2D eigenvalue weighted by Crippen LogP contribution is -2.23. The number of nitrogens with two attached hydrogens (primary N) is 1. The van der Waals surface area contributed by atoms with Gasteiger partial charge in [-0.25, -0.2) is 0 Å². The molecule has 1 aliphatic carbocycles. The second-order valence-electron chi connectivity index (χ2n) is 3.79. The van der Waals surface area contributed by atoms with Crippen molar-refractivity contribution in [2.75, 3.05) is 0 Å². The van der Waals surface area contributed by atoms with Crippen molar-refractivity contribution in [3.8, 4) is 0 Å². The Morgan fingerprint density at radius 1 is 1.54 bits per heavy atom. The van der Waals surface area contributed by atoms with Gasteiger partial charge in [-0.3, -0.25) is 4.79 Å². The summed E-state index contributed by atoms with van der Waals surface area (Å²) in [5, 5.41) is 0. The maximum atomic E-state index is 11.5. The van der Waals surface area contributed by atoms with Gasteiger partial charge in [-0.15, -0.1) is 0 Å². The summed E-state index contributed by atoms with van der Waals surface area (Å²) in [5.41, 5.74) is 7.52. The zero-order valence-corrected chi connectivity index (χ0v) is 7.71. The first-order valence-electron chi connectivity index (χ1n) is 4.64. The van der Waals surface area contributed by atoms with Crippen molar-refractivity contribution in [1.29, 1.82) is 0 Å². The summed E-state index contributed by atoms with van der Waals surface area (Å²) in [7, 11) is 0. The molecular formula is C10H14N2O. The fourth-order valence-corrected chi connectivity index (χ4v) is 1.56. The lowest BCUT2D eigenvalue weighted by molar-refractivity contribution is 0.625. The Morgan fingerprint density at radius 3 is 2.77 bits per heavy atom. The predicted molar refractivity (Wildman–Crippen MR) is 51.5 cm³/mol. The number of hydrogen-bond acceptors (Lipinski definition) is 2. The highest BCUT2D eigenvalue weighted by molar-refractivity contribution is 5.19. The maximum Gasteiger partial charge on any atom is 0.252 e. The van der Waals surface area contributed by atoms with Crippen LogP contribution in [0, 0.1) is 12.8 Å². The van der Waals surface area contributed by atoms with Gasteiger partial charge in [0.25, 0.3) is 5.56 Å². The van der Waals surface area contributed by atoms with Gasteiger partial charge in [0.15, 0.2) is 0 Å². The van der Waals surface area contributed by atoms with E-state index in [2.05, 4.69) is 4.98 Å². The molecule has 3 N–H and O–H groups in total. The Bertz CT molecular complexity index is 365. The molecule has 13 heavy (non-hydrogen) atoms. The average Bonchev–Trinajstić information content (AvgIpc) is 2.85. The summed E-state index contributed by atoms with van der Waals surface area (Å²) in [6, 6.07) is 3.68. The van der Waals surface area contributed by atoms with Crippen LogP contribution in [0.1, 0.15) is 30.1 Å². The number of aromatic nitrogens is 1. The van der Waals surface area contributed by atoms with Crippen molar-refractivity contribution in [2.45, 2.75) is 25.8 Å². The highest BCUT2D eigenvalue weighted by Crippen LogP contribution is 2.38. The van der Waals surface area contributed by atoms with Crippen LogP contribution in [0.5, 0.6) is 0 Å². The summed E-state index contributed by atoms with van der Waals surface area (Å²) < 4.78 is 0. The zero-order valence-electron chi connectivity index (χ0n) is 7.71. The van der Waals surface area contributed by atoms with Crippen LogP contribution in [-0.4, -0.2) is 4.98 Å². The van der Waals surface area contributed by atoms with Crippen LogP contribution < -0.4 is 11.3 Å². The summed E-state index contributed by atoms with van der Waals surface area (Å²) in [4.78, 5) is 14.2. The smallest absolute Gasteiger partial charge is 0.252 e. The van der Waals surface area contributed by atoms with Crippen LogP contribution in [0.25, 0.3) is 0 Å². The second-order valence-corrected chi connectivity index (χ2v) is 3.79. The molecule has 1 aliphatic rings. The number of nitrogens with one attached hydrogen (secondary N) is 1. The molecule has 0 bridgehead atoms. The van der Waals surface area contributed by atoms with Crippen molar-refractivity contribution in [1.82, 2.24) is 4.98 Å². The van der Waals surface area contributed by atoms with Crippen molar-refractivity contribution in [2.24, 2.45) is 11.7 Å². The highest BCUT2D eigenvalue weighted by atomic mass is 16.1. The number of H-pyrrole nitrogens is 1. The molecule has 0 unspecified atom stereocenters. The Kier molecular flexibility index (Phi) is 1.96. The fourth-order valence-electron chi connectivity index (χ4n) is 1.56. The average molecular weight is 178 g/mol. The summed E-state index contributed by atoms with van der Waals surface area (Å²) in [6.07, 6.45) is 2.32. The van der Waals surface area contributed by atoms with E-state index < -0.39 is 0 Å². The van der Waals surface area contributed by atoms with Gasteiger partial charge in [-0.05, 0) is 31.7 Å². The molecule has 0 radical (unpaired) electrons. The van der Waals surface area contributed by atoms with Crippen LogP contribution in [0.2, 0.25) is 0 Å². The number of pyridine rings is 1. The van der Waals surface area contributed by atoms with Crippen LogP contribution in [0.15, 0.2) is 16.9 Å². The third-order valence-electron chi connectivity index (χ3n) is 2.57. The van der Waals surface area contributed by atoms with Gasteiger partial charge < -0.3 is 10.7 Å². The molecule has 0 amide bonds. The maximum absolute atomic E-state index is 11.5. The second kappa shape index (κ2) is 3.00. The molecule has 1 aromatic heterocycles. The van der Waals surface area contributed by atoms with E-state index in [0.717, 1.165) is 24.1 Å². The summed E-state index contributed by atoms with van der Waals surface area (Å²) in [5.74, 6) is 0.531. The number of aromatic amines is 1. The minimum atomic E-state index is -0.0654. The molecule has 0 aromatic carbocycles. The first-order valence-corrected chi connectivity index (χ1v) is 4.64. The molecule has 1 aromatic rings. The molecule has 1 fully saturated rings. The predicted octanol–water partition coefficient (Wildman–Crippen LogP) is 1.09. The van der Waals surface area contributed by atoms with Gasteiger partial charge in [0.2, 0.25) is 0 Å². The Hall–Kier alpha value is -1.09. The standard InChI is InChI=1S/C10H14N2O/c1-6-2-5-8(10(13)12-6)9(11)7-3-4-7/h2,5,7,9H,3-4,11H2,1H3,(H,12,13)/t9-/m0/s1. The molecule has 1 atom stereocenters. The molecule has 1 saturated carbocycles. The molecule has 1 heterocycles. The van der Waals surface area contributed by atoms with Crippen molar-refractivity contribution in [3.05, 3.63) is 33.7 Å². The lowest BCUT2D eigenvalue weighted by Gasteiger charge is -2.08. The number of aryl methyl sites for hydroxylation is 1. The topological polar surface area (TPSA) is 58.9 Å². The van der Waals surface area contributed by atoms with Crippen molar-refractivity contribution < 1.29 is 0 Å². The van der Waals surface area contributed by atoms with Crippen molar-refractivity contribution in [3.63, 3.8) is 0 Å². The number of rotatable bonds is 2. The van der Waals surface area contributed by atoms with Gasteiger partial charge in [0.05, 0.1) is 0 Å². The molecule has 0 aliphatic heterocycles. The van der Waals surface area contributed by atoms with Crippen LogP contribution in [0.3, 0.4) is 0 Å². The third-order valence-corrected chi connectivity index (χ3v) is 2.57. The minimum Gasteiger partial charge on any atom is -0.326 e. The van der Waals surface area contributed by atoms with Crippen LogP contribution >= 0.6 is 0 Å². The normalized spacial score (nSPS) is 18.6. The van der Waals surface area contributed by atoms with E-state index >= 15 is 0 Å². The van der Waals surface area contributed by atoms with Gasteiger partial charge in [-0.1, -0.05) is 6.07 Å². The minimum absolute atomic E-state index is 0.0283. The Labute approximate surface area is 77.0 Å². The molecule has 3 heteroatoms. The third kappa shape index (κ3) is 1.65. The molecule has 2 rings (SSSR count). The van der Waals surface area contributed by atoms with E-state index in [1.807, 2.05) is 19.1 Å². The van der Waals surface area contributed by atoms with E-state index in [0.29, 0.717) is 5.92 Å². The van der Waals surface area contributed by atoms with Gasteiger partial charge in [0.1, 0.15) is 0 Å². The van der Waals surface area contributed by atoms with Crippen molar-refractivity contribution >= 4 is 0 Å². The largest absolute Gasteiger partial charge is 0.326 e. The first kappa shape index (κ1) is 8.51. The quantitative estimate of drug-likeness (QED) is 0.712.